The summed E-state index contributed by atoms with van der Waals surface area (Å²) in [6.45, 7) is 9.29. The fourth-order valence-electron chi connectivity index (χ4n) is 2.74. The van der Waals surface area contributed by atoms with Crippen molar-refractivity contribution >= 4 is 30.7 Å². The van der Waals surface area contributed by atoms with Crippen molar-refractivity contribution in [3.8, 4) is 0 Å². The van der Waals surface area contributed by atoms with E-state index >= 15 is 0 Å². The molecular weight excluding hydrogens is 285 g/mol. The van der Waals surface area contributed by atoms with E-state index in [1.807, 2.05) is 4.90 Å². The summed E-state index contributed by atoms with van der Waals surface area (Å²) in [4.78, 5) is 16.8. The van der Waals surface area contributed by atoms with Crippen LogP contribution in [0.3, 0.4) is 0 Å². The number of carbonyl (C=O) groups excluding carboxylic acids is 1. The molecular formula is C13H27Cl2N3O. The predicted octanol–water partition coefficient (Wildman–Crippen LogP) is 1.52. The van der Waals surface area contributed by atoms with E-state index in [2.05, 4.69) is 24.1 Å². The molecule has 0 aliphatic carbocycles. The Morgan fingerprint density at radius 2 is 1.74 bits per heavy atom. The van der Waals surface area contributed by atoms with Gasteiger partial charge in [0.2, 0.25) is 5.91 Å². The standard InChI is InChI=1S/C13H25N3O.2ClH/c1-11(2)15-7-9-16(10-8-15)13(17)12-5-3-4-6-14-12;;/h11-12,14H,3-10H2,1-2H3;2*1H/t12-;;/m0../s1. The summed E-state index contributed by atoms with van der Waals surface area (Å²) >= 11 is 0. The molecule has 2 aliphatic heterocycles. The average molecular weight is 312 g/mol. The summed E-state index contributed by atoms with van der Waals surface area (Å²) in [6, 6.07) is 0.689. The lowest BCUT2D eigenvalue weighted by Crippen LogP contribution is -2.55. The van der Waals surface area contributed by atoms with Gasteiger partial charge in [0.05, 0.1) is 6.04 Å². The van der Waals surface area contributed by atoms with Crippen molar-refractivity contribution < 1.29 is 4.79 Å². The van der Waals surface area contributed by atoms with Crippen LogP contribution in [0.25, 0.3) is 0 Å². The number of rotatable bonds is 2. The number of piperidine rings is 1. The smallest absolute Gasteiger partial charge is 0.239 e. The van der Waals surface area contributed by atoms with Gasteiger partial charge in [-0.1, -0.05) is 6.42 Å². The van der Waals surface area contributed by atoms with E-state index in [0.29, 0.717) is 11.9 Å². The van der Waals surface area contributed by atoms with E-state index in [1.54, 1.807) is 0 Å². The van der Waals surface area contributed by atoms with Gasteiger partial charge in [-0.3, -0.25) is 9.69 Å². The molecule has 0 bridgehead atoms. The highest BCUT2D eigenvalue weighted by Crippen LogP contribution is 2.12. The maximum absolute atomic E-state index is 12.3. The zero-order valence-corrected chi connectivity index (χ0v) is 13.6. The Morgan fingerprint density at radius 3 is 2.21 bits per heavy atom. The number of amides is 1. The summed E-state index contributed by atoms with van der Waals surface area (Å²) in [5.74, 6) is 0.327. The van der Waals surface area contributed by atoms with Crippen molar-refractivity contribution in [2.45, 2.75) is 45.2 Å². The Morgan fingerprint density at radius 1 is 1.11 bits per heavy atom. The maximum atomic E-state index is 12.3. The molecule has 2 fully saturated rings. The van der Waals surface area contributed by atoms with Crippen LogP contribution in [-0.2, 0) is 4.79 Å². The number of hydrogen-bond acceptors (Lipinski definition) is 3. The first-order chi connectivity index (χ1) is 8.18. The second-order valence-electron chi connectivity index (χ2n) is 5.46. The van der Waals surface area contributed by atoms with Crippen molar-refractivity contribution in [2.24, 2.45) is 0 Å². The van der Waals surface area contributed by atoms with Crippen LogP contribution in [-0.4, -0.2) is 60.5 Å². The lowest BCUT2D eigenvalue weighted by atomic mass is 10.0. The molecule has 0 aromatic carbocycles. The Labute approximate surface area is 129 Å². The first kappa shape index (κ1) is 19.0. The number of carbonyl (C=O) groups is 1. The molecule has 2 heterocycles. The third-order valence-electron chi connectivity index (χ3n) is 3.96. The molecule has 0 aromatic heterocycles. The van der Waals surface area contributed by atoms with E-state index in [1.165, 1.54) is 12.8 Å². The monoisotopic (exact) mass is 311 g/mol. The minimum atomic E-state index is 0. The zero-order chi connectivity index (χ0) is 12.3. The number of nitrogens with zero attached hydrogens (tertiary/aromatic N) is 2. The molecule has 0 aromatic rings. The summed E-state index contributed by atoms with van der Waals surface area (Å²) < 4.78 is 0. The lowest BCUT2D eigenvalue weighted by molar-refractivity contribution is -0.136. The first-order valence-electron chi connectivity index (χ1n) is 6.94. The Hall–Kier alpha value is -0.0300. The number of hydrogen-bond donors (Lipinski definition) is 1. The van der Waals surface area contributed by atoms with Crippen LogP contribution in [0, 0.1) is 0 Å². The van der Waals surface area contributed by atoms with E-state index in [4.69, 9.17) is 0 Å². The SMILES string of the molecule is CC(C)N1CCN(C(=O)[C@@H]2CCCCN2)CC1.Cl.Cl. The largest absolute Gasteiger partial charge is 0.339 e. The Balaban J connectivity index is 0.00000162. The molecule has 114 valence electrons. The molecule has 0 saturated carbocycles. The van der Waals surface area contributed by atoms with Gasteiger partial charge >= 0.3 is 0 Å². The molecule has 1 amide bonds. The van der Waals surface area contributed by atoms with E-state index in [0.717, 1.165) is 39.1 Å². The molecule has 2 saturated heterocycles. The van der Waals surface area contributed by atoms with Crippen molar-refractivity contribution in [2.75, 3.05) is 32.7 Å². The van der Waals surface area contributed by atoms with Crippen molar-refractivity contribution in [3.05, 3.63) is 0 Å². The minimum absolute atomic E-state index is 0. The maximum Gasteiger partial charge on any atom is 0.239 e. The summed E-state index contributed by atoms with van der Waals surface area (Å²) in [5.41, 5.74) is 0. The molecule has 6 heteroatoms. The first-order valence-corrected chi connectivity index (χ1v) is 6.94. The third kappa shape index (κ3) is 5.10. The minimum Gasteiger partial charge on any atom is -0.339 e. The van der Waals surface area contributed by atoms with Crippen molar-refractivity contribution in [1.29, 1.82) is 0 Å². The highest BCUT2D eigenvalue weighted by molar-refractivity contribution is 5.85. The van der Waals surface area contributed by atoms with Crippen LogP contribution >= 0.6 is 24.8 Å². The molecule has 4 nitrogen and oxygen atoms in total. The van der Waals surface area contributed by atoms with Crippen LogP contribution < -0.4 is 5.32 Å². The van der Waals surface area contributed by atoms with Gasteiger partial charge in [-0.05, 0) is 33.2 Å². The van der Waals surface area contributed by atoms with E-state index in [9.17, 15) is 4.79 Å². The van der Waals surface area contributed by atoms with Gasteiger partial charge in [0, 0.05) is 32.2 Å². The van der Waals surface area contributed by atoms with Crippen LogP contribution in [0.2, 0.25) is 0 Å². The van der Waals surface area contributed by atoms with E-state index < -0.39 is 0 Å². The quantitative estimate of drug-likeness (QED) is 0.840. The Bertz CT molecular complexity index is 263. The Kier molecular flexibility index (Phi) is 8.99. The van der Waals surface area contributed by atoms with Crippen LogP contribution in [0.15, 0.2) is 0 Å². The van der Waals surface area contributed by atoms with Gasteiger partial charge in [-0.15, -0.1) is 24.8 Å². The average Bonchev–Trinajstić information content (AvgIpc) is 2.39. The molecule has 19 heavy (non-hydrogen) atoms. The molecule has 0 spiro atoms. The van der Waals surface area contributed by atoms with Crippen LogP contribution in [0.4, 0.5) is 0 Å². The predicted molar refractivity (Wildman–Crippen MR) is 83.4 cm³/mol. The summed E-state index contributed by atoms with van der Waals surface area (Å²) in [5, 5.41) is 3.35. The van der Waals surface area contributed by atoms with Gasteiger partial charge in [0.15, 0.2) is 0 Å². The molecule has 2 rings (SSSR count). The fraction of sp³-hybridized carbons (Fsp3) is 0.923. The molecule has 1 atom stereocenters. The van der Waals surface area contributed by atoms with Gasteiger partial charge in [-0.2, -0.15) is 0 Å². The van der Waals surface area contributed by atoms with Gasteiger partial charge in [0.1, 0.15) is 0 Å². The molecule has 2 aliphatic rings. The zero-order valence-electron chi connectivity index (χ0n) is 11.9. The van der Waals surface area contributed by atoms with Crippen molar-refractivity contribution in [1.82, 2.24) is 15.1 Å². The number of nitrogens with one attached hydrogen (secondary N) is 1. The van der Waals surface area contributed by atoms with Gasteiger partial charge < -0.3 is 10.2 Å². The molecule has 0 unspecified atom stereocenters. The van der Waals surface area contributed by atoms with Gasteiger partial charge in [-0.25, -0.2) is 0 Å². The lowest BCUT2D eigenvalue weighted by Gasteiger charge is -2.38. The van der Waals surface area contributed by atoms with E-state index in [-0.39, 0.29) is 30.9 Å². The van der Waals surface area contributed by atoms with Crippen LogP contribution in [0.1, 0.15) is 33.1 Å². The highest BCUT2D eigenvalue weighted by atomic mass is 35.5. The normalized spacial score (nSPS) is 24.6. The fourth-order valence-corrected chi connectivity index (χ4v) is 2.74. The van der Waals surface area contributed by atoms with Gasteiger partial charge in [0.25, 0.3) is 0 Å². The topological polar surface area (TPSA) is 35.6 Å². The summed E-state index contributed by atoms with van der Waals surface area (Å²) in [7, 11) is 0. The number of piperazine rings is 1. The van der Waals surface area contributed by atoms with Crippen LogP contribution in [0.5, 0.6) is 0 Å². The van der Waals surface area contributed by atoms with Crippen molar-refractivity contribution in [3.63, 3.8) is 0 Å². The number of halogens is 2. The second-order valence-corrected chi connectivity index (χ2v) is 5.46. The highest BCUT2D eigenvalue weighted by Gasteiger charge is 2.28. The molecule has 1 N–H and O–H groups in total. The summed E-state index contributed by atoms with van der Waals surface area (Å²) in [6.07, 6.45) is 3.42. The second kappa shape index (κ2) is 9.01. The third-order valence-corrected chi connectivity index (χ3v) is 3.96. The molecule has 0 radical (unpaired) electrons.